The molecule has 1 N–H and O–H groups in total. The van der Waals surface area contributed by atoms with Crippen LogP contribution in [0.15, 0.2) is 40.2 Å². The molecule has 5 heteroatoms. The Bertz CT molecular complexity index is 409. The number of hydrogen-bond donors (Lipinski definition) is 1. The Kier molecular flexibility index (Phi) is 4.89. The van der Waals surface area contributed by atoms with Gasteiger partial charge in [0.2, 0.25) is 0 Å². The van der Waals surface area contributed by atoms with E-state index in [4.69, 9.17) is 5.11 Å². The molecule has 0 unspecified atom stereocenters. The highest BCUT2D eigenvalue weighted by Gasteiger charge is 2.12. The molecule has 0 aliphatic heterocycles. The van der Waals surface area contributed by atoms with Crippen LogP contribution < -0.4 is 4.90 Å². The standard InChI is InChI=1S/C11H12BrNO2S/c1-8(12)7-16-10-6-4-3-5-9(10)13(2)11(14)15/h3-6H,1,7H2,2H3,(H,14,15). The van der Waals surface area contributed by atoms with Gasteiger partial charge in [0.1, 0.15) is 0 Å². The minimum atomic E-state index is -0.967. The summed E-state index contributed by atoms with van der Waals surface area (Å²) in [6.07, 6.45) is -0.967. The van der Waals surface area contributed by atoms with Crippen molar-refractivity contribution in [3.63, 3.8) is 0 Å². The second kappa shape index (κ2) is 5.96. The molecule has 0 heterocycles. The van der Waals surface area contributed by atoms with Crippen LogP contribution in [0.4, 0.5) is 10.5 Å². The molecule has 1 aromatic carbocycles. The lowest BCUT2D eigenvalue weighted by atomic mass is 10.3. The molecule has 0 aliphatic rings. The van der Waals surface area contributed by atoms with E-state index in [-0.39, 0.29) is 0 Å². The van der Waals surface area contributed by atoms with Crippen molar-refractivity contribution in [1.82, 2.24) is 0 Å². The fourth-order valence-electron chi connectivity index (χ4n) is 1.12. The Hall–Kier alpha value is -0.940. The summed E-state index contributed by atoms with van der Waals surface area (Å²) in [6.45, 7) is 3.75. The number of hydrogen-bond acceptors (Lipinski definition) is 2. The highest BCUT2D eigenvalue weighted by Crippen LogP contribution is 2.31. The summed E-state index contributed by atoms with van der Waals surface area (Å²) in [5.41, 5.74) is 0.689. The maximum atomic E-state index is 10.9. The van der Waals surface area contributed by atoms with Gasteiger partial charge in [0.25, 0.3) is 0 Å². The Morgan fingerprint density at radius 2 is 2.19 bits per heavy atom. The van der Waals surface area contributed by atoms with Crippen LogP contribution in [0.5, 0.6) is 0 Å². The van der Waals surface area contributed by atoms with Gasteiger partial charge in [0.05, 0.1) is 5.69 Å². The van der Waals surface area contributed by atoms with Crippen LogP contribution in [-0.2, 0) is 0 Å². The Morgan fingerprint density at radius 3 is 2.75 bits per heavy atom. The third kappa shape index (κ3) is 3.57. The first kappa shape index (κ1) is 13.1. The molecule has 0 aromatic heterocycles. The van der Waals surface area contributed by atoms with Gasteiger partial charge < -0.3 is 5.11 Å². The second-order valence-corrected chi connectivity index (χ2v) is 5.25. The maximum absolute atomic E-state index is 10.9. The molecule has 86 valence electrons. The van der Waals surface area contributed by atoms with Gasteiger partial charge in [-0.05, 0) is 16.6 Å². The number of benzene rings is 1. The van der Waals surface area contributed by atoms with Gasteiger partial charge in [-0.1, -0.05) is 34.6 Å². The summed E-state index contributed by atoms with van der Waals surface area (Å²) >= 11 is 4.83. The average Bonchev–Trinajstić information content (AvgIpc) is 2.25. The molecule has 0 radical (unpaired) electrons. The number of thioether (sulfide) groups is 1. The first-order chi connectivity index (χ1) is 7.52. The van der Waals surface area contributed by atoms with Gasteiger partial charge in [0.15, 0.2) is 0 Å². The summed E-state index contributed by atoms with van der Waals surface area (Å²) < 4.78 is 0.880. The summed E-state index contributed by atoms with van der Waals surface area (Å²) in [5.74, 6) is 0.713. The maximum Gasteiger partial charge on any atom is 0.411 e. The lowest BCUT2D eigenvalue weighted by Crippen LogP contribution is -2.24. The van der Waals surface area contributed by atoms with Crippen molar-refractivity contribution in [2.45, 2.75) is 4.90 Å². The number of carboxylic acid groups (broad SMARTS) is 1. The number of carbonyl (C=O) groups is 1. The molecular formula is C11H12BrNO2S. The van der Waals surface area contributed by atoms with Crippen LogP contribution >= 0.6 is 27.7 Å². The number of anilines is 1. The van der Waals surface area contributed by atoms with Crippen LogP contribution in [0.1, 0.15) is 0 Å². The largest absolute Gasteiger partial charge is 0.465 e. The van der Waals surface area contributed by atoms with Gasteiger partial charge in [-0.25, -0.2) is 4.79 Å². The molecule has 0 bridgehead atoms. The normalized spacial score (nSPS) is 9.88. The molecule has 16 heavy (non-hydrogen) atoms. The Morgan fingerprint density at radius 1 is 1.56 bits per heavy atom. The predicted octanol–water partition coefficient (Wildman–Crippen LogP) is 3.80. The number of halogens is 1. The monoisotopic (exact) mass is 301 g/mol. The molecule has 0 aliphatic carbocycles. The summed E-state index contributed by atoms with van der Waals surface area (Å²) in [4.78, 5) is 13.0. The van der Waals surface area contributed by atoms with Gasteiger partial charge >= 0.3 is 6.09 Å². The van der Waals surface area contributed by atoms with E-state index < -0.39 is 6.09 Å². The molecule has 0 saturated carbocycles. The topological polar surface area (TPSA) is 40.5 Å². The third-order valence-electron chi connectivity index (χ3n) is 1.90. The lowest BCUT2D eigenvalue weighted by molar-refractivity contribution is 0.203. The Balaban J connectivity index is 2.91. The van der Waals surface area contributed by atoms with E-state index in [1.165, 1.54) is 11.9 Å². The number of para-hydroxylation sites is 1. The highest BCUT2D eigenvalue weighted by molar-refractivity contribution is 9.11. The zero-order valence-electron chi connectivity index (χ0n) is 8.81. The van der Waals surface area contributed by atoms with E-state index in [0.29, 0.717) is 11.4 Å². The first-order valence-electron chi connectivity index (χ1n) is 4.54. The van der Waals surface area contributed by atoms with E-state index in [0.717, 1.165) is 9.38 Å². The molecule has 0 atom stereocenters. The molecule has 0 saturated heterocycles. The van der Waals surface area contributed by atoms with E-state index in [1.807, 2.05) is 18.2 Å². The van der Waals surface area contributed by atoms with E-state index in [1.54, 1.807) is 17.8 Å². The lowest BCUT2D eigenvalue weighted by Gasteiger charge is -2.16. The van der Waals surface area contributed by atoms with Crippen molar-refractivity contribution in [2.24, 2.45) is 0 Å². The van der Waals surface area contributed by atoms with Crippen LogP contribution in [0.3, 0.4) is 0 Å². The van der Waals surface area contributed by atoms with Gasteiger partial charge in [0, 0.05) is 17.7 Å². The molecule has 1 amide bonds. The third-order valence-corrected chi connectivity index (χ3v) is 3.70. The van der Waals surface area contributed by atoms with Gasteiger partial charge in [-0.15, -0.1) is 11.8 Å². The second-order valence-electron chi connectivity index (χ2n) is 3.12. The summed E-state index contributed by atoms with van der Waals surface area (Å²) in [5, 5.41) is 8.93. The van der Waals surface area contributed by atoms with Crippen molar-refractivity contribution in [1.29, 1.82) is 0 Å². The molecular weight excluding hydrogens is 290 g/mol. The van der Waals surface area contributed by atoms with Gasteiger partial charge in [-0.2, -0.15) is 0 Å². The average molecular weight is 302 g/mol. The van der Waals surface area contributed by atoms with Crippen LogP contribution in [-0.4, -0.2) is 24.0 Å². The zero-order valence-corrected chi connectivity index (χ0v) is 11.2. The van der Waals surface area contributed by atoms with Crippen molar-refractivity contribution < 1.29 is 9.90 Å². The number of rotatable bonds is 4. The first-order valence-corrected chi connectivity index (χ1v) is 6.32. The molecule has 1 rings (SSSR count). The predicted molar refractivity (Wildman–Crippen MR) is 71.7 cm³/mol. The van der Waals surface area contributed by atoms with Crippen molar-refractivity contribution >= 4 is 39.5 Å². The van der Waals surface area contributed by atoms with Crippen LogP contribution in [0, 0.1) is 0 Å². The van der Waals surface area contributed by atoms with Crippen molar-refractivity contribution in [3.05, 3.63) is 35.3 Å². The van der Waals surface area contributed by atoms with E-state index in [2.05, 4.69) is 22.5 Å². The van der Waals surface area contributed by atoms with Crippen LogP contribution in [0.25, 0.3) is 0 Å². The molecule has 3 nitrogen and oxygen atoms in total. The molecule has 0 fully saturated rings. The smallest absolute Gasteiger partial charge is 0.411 e. The minimum absolute atomic E-state index is 0.689. The van der Waals surface area contributed by atoms with Crippen LogP contribution in [0.2, 0.25) is 0 Å². The van der Waals surface area contributed by atoms with E-state index in [9.17, 15) is 4.79 Å². The number of nitrogens with zero attached hydrogens (tertiary/aromatic N) is 1. The molecule has 1 aromatic rings. The van der Waals surface area contributed by atoms with E-state index >= 15 is 0 Å². The summed E-state index contributed by atoms with van der Waals surface area (Å²) in [7, 11) is 1.53. The van der Waals surface area contributed by atoms with Crippen molar-refractivity contribution in [3.8, 4) is 0 Å². The zero-order chi connectivity index (χ0) is 12.1. The number of amides is 1. The fourth-order valence-corrected chi connectivity index (χ4v) is 2.30. The van der Waals surface area contributed by atoms with Gasteiger partial charge in [-0.3, -0.25) is 4.90 Å². The highest BCUT2D eigenvalue weighted by atomic mass is 79.9. The fraction of sp³-hybridized carbons (Fsp3) is 0.182. The minimum Gasteiger partial charge on any atom is -0.465 e. The summed E-state index contributed by atoms with van der Waals surface area (Å²) in [6, 6.07) is 7.39. The SMILES string of the molecule is C=C(Br)CSc1ccccc1N(C)C(=O)O. The van der Waals surface area contributed by atoms with Crippen molar-refractivity contribution in [2.75, 3.05) is 17.7 Å². The quantitative estimate of drug-likeness (QED) is 0.860. The Labute approximate surface area is 107 Å². The molecule has 0 spiro atoms.